The number of fused-ring (bicyclic) bond motifs is 3. The minimum absolute atomic E-state index is 0.0346. The van der Waals surface area contributed by atoms with E-state index in [-0.39, 0.29) is 22.6 Å². The van der Waals surface area contributed by atoms with Crippen LogP contribution < -0.4 is 21.2 Å². The number of carbonyl (C=O) groups is 3. The third-order valence-electron chi connectivity index (χ3n) is 8.00. The highest BCUT2D eigenvalue weighted by Crippen LogP contribution is 2.47. The Balaban J connectivity index is 1.15. The van der Waals surface area contributed by atoms with Crippen LogP contribution in [0.3, 0.4) is 0 Å². The van der Waals surface area contributed by atoms with Crippen LogP contribution in [0.4, 0.5) is 30.4 Å². The summed E-state index contributed by atoms with van der Waals surface area (Å²) in [6.07, 6.45) is -2.06. The van der Waals surface area contributed by atoms with Gasteiger partial charge in [0.1, 0.15) is 25.5 Å². The summed E-state index contributed by atoms with van der Waals surface area (Å²) in [5.74, 6) is -0.960. The third kappa shape index (κ3) is 3.83. The number of alkyl halides is 3. The van der Waals surface area contributed by atoms with Gasteiger partial charge in [0.15, 0.2) is 0 Å². The number of amides is 3. The second kappa shape index (κ2) is 8.53. The number of hydrogen-bond donors (Lipinski definition) is 2. The zero-order chi connectivity index (χ0) is 28.7. The maximum absolute atomic E-state index is 13.2. The number of imidazole rings is 1. The smallest absolute Gasteiger partial charge is 0.325 e. The van der Waals surface area contributed by atoms with Gasteiger partial charge < -0.3 is 10.6 Å². The van der Waals surface area contributed by atoms with E-state index in [0.717, 1.165) is 25.8 Å². The van der Waals surface area contributed by atoms with Crippen LogP contribution >= 0.6 is 0 Å². The Kier molecular flexibility index (Phi) is 5.21. The zero-order valence-corrected chi connectivity index (χ0v) is 21.3. The van der Waals surface area contributed by atoms with Crippen LogP contribution in [0, 0.1) is 0 Å². The third-order valence-corrected chi connectivity index (χ3v) is 8.00. The number of pyridine rings is 1. The predicted molar refractivity (Wildman–Crippen MR) is 142 cm³/mol. The van der Waals surface area contributed by atoms with Crippen molar-refractivity contribution in [1.29, 1.82) is 0 Å². The van der Waals surface area contributed by atoms with Crippen molar-refractivity contribution in [3.05, 3.63) is 81.9 Å². The molecule has 0 bridgehead atoms. The zero-order valence-electron chi connectivity index (χ0n) is 21.3. The van der Waals surface area contributed by atoms with E-state index in [9.17, 15) is 32.3 Å². The molecule has 0 saturated heterocycles. The summed E-state index contributed by atoms with van der Waals surface area (Å²) >= 11 is 0. The first-order valence-electron chi connectivity index (χ1n) is 12.8. The number of benzene rings is 2. The van der Waals surface area contributed by atoms with Crippen molar-refractivity contribution in [2.24, 2.45) is 0 Å². The van der Waals surface area contributed by atoms with Crippen molar-refractivity contribution < 1.29 is 27.6 Å². The molecule has 208 valence electrons. The molecule has 1 spiro atoms. The van der Waals surface area contributed by atoms with Crippen LogP contribution in [0.1, 0.15) is 16.7 Å². The predicted octanol–water partition coefficient (Wildman–Crippen LogP) is 2.73. The fourth-order valence-corrected chi connectivity index (χ4v) is 6.27. The first kappa shape index (κ1) is 25.1. The van der Waals surface area contributed by atoms with Gasteiger partial charge in [-0.15, -0.1) is 0 Å². The lowest BCUT2D eigenvalue weighted by Crippen LogP contribution is -2.45. The summed E-state index contributed by atoms with van der Waals surface area (Å²) in [4.78, 5) is 56.6. The maximum Gasteiger partial charge on any atom is 0.406 e. The van der Waals surface area contributed by atoms with Crippen molar-refractivity contribution in [2.45, 2.75) is 37.5 Å². The summed E-state index contributed by atoms with van der Waals surface area (Å²) in [7, 11) is 0. The number of carbonyl (C=O) groups excluding carboxylic acids is 3. The average molecular weight is 563 g/mol. The molecule has 3 aliphatic rings. The van der Waals surface area contributed by atoms with Gasteiger partial charge in [0.2, 0.25) is 17.7 Å². The molecule has 1 atom stereocenters. The molecule has 0 radical (unpaired) electrons. The van der Waals surface area contributed by atoms with Crippen molar-refractivity contribution >= 4 is 45.9 Å². The second-order valence-electron chi connectivity index (χ2n) is 10.5. The van der Waals surface area contributed by atoms with Gasteiger partial charge >= 0.3 is 11.9 Å². The number of halogens is 3. The average Bonchev–Trinajstić information content (AvgIpc) is 3.52. The summed E-state index contributed by atoms with van der Waals surface area (Å²) < 4.78 is 41.7. The summed E-state index contributed by atoms with van der Waals surface area (Å²) in [6.45, 7) is -2.45. The second-order valence-corrected chi connectivity index (χ2v) is 10.5. The molecule has 0 saturated carbocycles. The number of rotatable bonds is 4. The Hall–Kier alpha value is -4.94. The van der Waals surface area contributed by atoms with Crippen molar-refractivity contribution in [2.75, 3.05) is 22.1 Å². The van der Waals surface area contributed by atoms with E-state index in [2.05, 4.69) is 15.6 Å². The van der Waals surface area contributed by atoms with Crippen LogP contribution in [-0.4, -0.2) is 44.6 Å². The highest BCUT2D eigenvalue weighted by atomic mass is 19.4. The quantitative estimate of drug-likeness (QED) is 0.397. The van der Waals surface area contributed by atoms with Gasteiger partial charge in [0, 0.05) is 17.4 Å². The molecule has 2 aromatic heterocycles. The minimum Gasteiger partial charge on any atom is -0.325 e. The van der Waals surface area contributed by atoms with Gasteiger partial charge in [-0.1, -0.05) is 18.2 Å². The molecule has 10 nitrogen and oxygen atoms in total. The minimum atomic E-state index is -4.62. The summed E-state index contributed by atoms with van der Waals surface area (Å²) in [6, 6.07) is 13.4. The van der Waals surface area contributed by atoms with E-state index in [1.165, 1.54) is 18.2 Å². The van der Waals surface area contributed by atoms with Crippen LogP contribution in [0.5, 0.6) is 0 Å². The number of anilines is 3. The van der Waals surface area contributed by atoms with Crippen LogP contribution in [0.25, 0.3) is 11.0 Å². The normalized spacial score (nSPS) is 19.0. The molecule has 4 heterocycles. The largest absolute Gasteiger partial charge is 0.406 e. The van der Waals surface area contributed by atoms with E-state index in [4.69, 9.17) is 0 Å². The fourth-order valence-electron chi connectivity index (χ4n) is 6.27. The highest BCUT2D eigenvalue weighted by Gasteiger charge is 2.51. The topological polar surface area (TPSA) is 118 Å². The van der Waals surface area contributed by atoms with Crippen molar-refractivity contribution in [3.63, 3.8) is 0 Å². The Labute approximate surface area is 229 Å². The molecule has 1 aliphatic carbocycles. The number of nitrogens with zero attached hydrogens (tertiary/aromatic N) is 4. The lowest BCUT2D eigenvalue weighted by atomic mass is 9.79. The van der Waals surface area contributed by atoms with Crippen LogP contribution in [-0.2, 0) is 45.7 Å². The molecule has 7 rings (SSSR count). The first-order chi connectivity index (χ1) is 19.5. The molecule has 41 heavy (non-hydrogen) atoms. The Bertz CT molecular complexity index is 1880. The summed E-state index contributed by atoms with van der Waals surface area (Å²) in [5, 5.41) is 5.64. The Morgan fingerprint density at radius 2 is 1.85 bits per heavy atom. The van der Waals surface area contributed by atoms with E-state index < -0.39 is 48.7 Å². The Morgan fingerprint density at radius 1 is 1.05 bits per heavy atom. The molecule has 2 N–H and O–H groups in total. The highest BCUT2D eigenvalue weighted by molar-refractivity contribution is 6.07. The molecule has 3 amide bonds. The maximum atomic E-state index is 13.2. The fraction of sp³-hybridized carbons (Fsp3) is 0.250. The number of hydrogen-bond acceptors (Lipinski definition) is 5. The SMILES string of the molecule is O=C(Cn1c(=O)n2c3c(cccc31)N(CC(F)(F)F)C(=O)C2)Nc1ccc2c(c1)CC1(C2)C(=O)Nc2ncccc21. The first-order valence-corrected chi connectivity index (χ1v) is 12.8. The molecule has 0 fully saturated rings. The van der Waals surface area contributed by atoms with Gasteiger partial charge in [-0.3, -0.25) is 28.4 Å². The standard InChI is InChI=1S/C28H21F3N6O4/c29-28(30,31)14-37-20-5-1-4-19-23(20)36(13-22(37)39)26(41)35(19)12-21(38)33-17-7-6-15-10-27(11-16(15)9-17)18-3-2-8-32-24(18)34-25(27)40/h1-9H,10-14H2,(H,33,38)(H,32,34,40). The number of aromatic nitrogens is 3. The lowest BCUT2D eigenvalue weighted by molar-refractivity contribution is -0.133. The monoisotopic (exact) mass is 562 g/mol. The van der Waals surface area contributed by atoms with Gasteiger partial charge in [0.05, 0.1) is 22.1 Å². The van der Waals surface area contributed by atoms with Gasteiger partial charge in [-0.05, 0) is 54.3 Å². The number of nitrogens with one attached hydrogen (secondary N) is 2. The molecule has 2 aromatic carbocycles. The van der Waals surface area contributed by atoms with Crippen molar-refractivity contribution in [3.8, 4) is 0 Å². The van der Waals surface area contributed by atoms with Gasteiger partial charge in [-0.25, -0.2) is 9.78 Å². The van der Waals surface area contributed by atoms with Crippen molar-refractivity contribution in [1.82, 2.24) is 14.1 Å². The van der Waals surface area contributed by atoms with E-state index >= 15 is 0 Å². The molecular weight excluding hydrogens is 541 g/mol. The molecule has 13 heteroatoms. The van der Waals surface area contributed by atoms with Crippen LogP contribution in [0.15, 0.2) is 59.5 Å². The number of para-hydroxylation sites is 1. The summed E-state index contributed by atoms with van der Waals surface area (Å²) in [5.41, 5.74) is 2.15. The Morgan fingerprint density at radius 3 is 2.66 bits per heavy atom. The lowest BCUT2D eigenvalue weighted by Gasteiger charge is -2.28. The van der Waals surface area contributed by atoms with E-state index in [0.29, 0.717) is 29.2 Å². The molecule has 4 aromatic rings. The molecular formula is C28H21F3N6O4. The van der Waals surface area contributed by atoms with Gasteiger partial charge in [-0.2, -0.15) is 13.2 Å². The van der Waals surface area contributed by atoms with Crippen LogP contribution in [0.2, 0.25) is 0 Å². The van der Waals surface area contributed by atoms with E-state index in [1.807, 2.05) is 12.1 Å². The van der Waals surface area contributed by atoms with Gasteiger partial charge in [0.25, 0.3) is 0 Å². The molecule has 1 unspecified atom stereocenters. The molecule has 2 aliphatic heterocycles. The van der Waals surface area contributed by atoms with E-state index in [1.54, 1.807) is 24.4 Å².